The number of urea groups is 1. The molecule has 2 aromatic rings. The zero-order chi connectivity index (χ0) is 22.0. The van der Waals surface area contributed by atoms with Crippen LogP contribution in [0.4, 0.5) is 10.5 Å². The molecule has 0 saturated carbocycles. The Morgan fingerprint density at radius 3 is 1.81 bits per heavy atom. The van der Waals surface area contributed by atoms with E-state index in [-0.39, 0.29) is 6.03 Å². The van der Waals surface area contributed by atoms with Gasteiger partial charge in [-0.1, -0.05) is 107 Å². The molecule has 0 atom stereocenters. The van der Waals surface area contributed by atoms with Crippen LogP contribution in [0.1, 0.15) is 83.1 Å². The molecule has 0 aliphatic rings. The summed E-state index contributed by atoms with van der Waals surface area (Å²) in [6, 6.07) is 20.4. The van der Waals surface area contributed by atoms with Gasteiger partial charge in [0, 0.05) is 18.8 Å². The van der Waals surface area contributed by atoms with E-state index in [0.29, 0.717) is 0 Å². The van der Waals surface area contributed by atoms with Gasteiger partial charge in [0.05, 0.1) is 0 Å². The minimum atomic E-state index is 0.0328. The molecule has 0 heterocycles. The third kappa shape index (κ3) is 11.6. The number of amides is 2. The number of anilines is 1. The quantitative estimate of drug-likeness (QED) is 0.272. The van der Waals surface area contributed by atoms with Crippen molar-refractivity contribution in [1.82, 2.24) is 4.90 Å². The third-order valence-corrected chi connectivity index (χ3v) is 5.83. The van der Waals surface area contributed by atoms with Crippen LogP contribution in [0.15, 0.2) is 60.7 Å². The molecule has 3 nitrogen and oxygen atoms in total. The molecule has 0 spiro atoms. The molecule has 3 heteroatoms. The number of para-hydroxylation sites is 1. The molecule has 0 aliphatic heterocycles. The van der Waals surface area contributed by atoms with Crippen LogP contribution >= 0.6 is 0 Å². The zero-order valence-electron chi connectivity index (χ0n) is 19.5. The second-order valence-electron chi connectivity index (χ2n) is 8.55. The van der Waals surface area contributed by atoms with Gasteiger partial charge in [-0.2, -0.15) is 0 Å². The summed E-state index contributed by atoms with van der Waals surface area (Å²) in [5, 5.41) is 3.07. The lowest BCUT2D eigenvalue weighted by Crippen LogP contribution is -2.36. The van der Waals surface area contributed by atoms with E-state index < -0.39 is 0 Å². The summed E-state index contributed by atoms with van der Waals surface area (Å²) >= 11 is 0. The van der Waals surface area contributed by atoms with Crippen LogP contribution in [0.3, 0.4) is 0 Å². The highest BCUT2D eigenvalue weighted by molar-refractivity contribution is 5.89. The van der Waals surface area contributed by atoms with Crippen LogP contribution in [0.25, 0.3) is 0 Å². The van der Waals surface area contributed by atoms with Crippen molar-refractivity contribution >= 4 is 11.7 Å². The van der Waals surface area contributed by atoms with Crippen molar-refractivity contribution in [2.75, 3.05) is 18.4 Å². The Morgan fingerprint density at radius 2 is 1.19 bits per heavy atom. The number of nitrogens with one attached hydrogen (secondary N) is 1. The Morgan fingerprint density at radius 1 is 0.677 bits per heavy atom. The number of hydrogen-bond donors (Lipinski definition) is 1. The number of unbranched alkanes of at least 4 members (excludes halogenated alkanes) is 9. The van der Waals surface area contributed by atoms with Crippen molar-refractivity contribution in [1.29, 1.82) is 0 Å². The number of rotatable bonds is 16. The Balaban J connectivity index is 1.70. The van der Waals surface area contributed by atoms with E-state index in [1.807, 2.05) is 35.2 Å². The fraction of sp³-hybridized carbons (Fsp3) is 0.536. The summed E-state index contributed by atoms with van der Waals surface area (Å²) in [7, 11) is 0. The van der Waals surface area contributed by atoms with Crippen LogP contribution in [-0.4, -0.2) is 24.0 Å². The third-order valence-electron chi connectivity index (χ3n) is 5.83. The van der Waals surface area contributed by atoms with Gasteiger partial charge >= 0.3 is 6.03 Å². The molecule has 2 amide bonds. The van der Waals surface area contributed by atoms with Crippen molar-refractivity contribution in [3.8, 4) is 0 Å². The maximum Gasteiger partial charge on any atom is 0.321 e. The van der Waals surface area contributed by atoms with Crippen LogP contribution in [-0.2, 0) is 6.42 Å². The summed E-state index contributed by atoms with van der Waals surface area (Å²) in [6.45, 7) is 3.93. The van der Waals surface area contributed by atoms with Crippen LogP contribution < -0.4 is 5.32 Å². The topological polar surface area (TPSA) is 32.3 Å². The molecule has 0 saturated heterocycles. The van der Waals surface area contributed by atoms with Gasteiger partial charge in [-0.05, 0) is 43.4 Å². The molecular formula is C28H42N2O. The number of carbonyl (C=O) groups is 1. The van der Waals surface area contributed by atoms with E-state index in [2.05, 4.69) is 42.6 Å². The van der Waals surface area contributed by atoms with Gasteiger partial charge in [0.15, 0.2) is 0 Å². The van der Waals surface area contributed by atoms with E-state index in [1.165, 1.54) is 56.9 Å². The summed E-state index contributed by atoms with van der Waals surface area (Å²) in [5.74, 6) is 0. The second kappa shape index (κ2) is 16.4. The number of carbonyl (C=O) groups excluding carboxylic acids is 1. The molecule has 0 aliphatic carbocycles. The highest BCUT2D eigenvalue weighted by Gasteiger charge is 2.13. The monoisotopic (exact) mass is 422 g/mol. The van der Waals surface area contributed by atoms with Crippen LogP contribution in [0.2, 0.25) is 0 Å². The van der Waals surface area contributed by atoms with Crippen LogP contribution in [0, 0.1) is 0 Å². The predicted molar refractivity (Wildman–Crippen MR) is 134 cm³/mol. The highest BCUT2D eigenvalue weighted by atomic mass is 16.2. The van der Waals surface area contributed by atoms with E-state index in [1.54, 1.807) is 0 Å². The maximum atomic E-state index is 12.9. The van der Waals surface area contributed by atoms with Crippen molar-refractivity contribution in [3.63, 3.8) is 0 Å². The number of hydrogen-bond acceptors (Lipinski definition) is 1. The lowest BCUT2D eigenvalue weighted by atomic mass is 10.1. The first kappa shape index (κ1) is 25.0. The summed E-state index contributed by atoms with van der Waals surface area (Å²) < 4.78 is 0. The molecule has 2 rings (SSSR count). The second-order valence-corrected chi connectivity index (χ2v) is 8.55. The first-order valence-corrected chi connectivity index (χ1v) is 12.4. The molecule has 31 heavy (non-hydrogen) atoms. The molecule has 0 radical (unpaired) electrons. The van der Waals surface area contributed by atoms with Gasteiger partial charge in [0.2, 0.25) is 0 Å². The minimum Gasteiger partial charge on any atom is -0.325 e. The number of benzene rings is 2. The van der Waals surface area contributed by atoms with Gasteiger partial charge in [0.25, 0.3) is 0 Å². The fourth-order valence-electron chi connectivity index (χ4n) is 3.93. The summed E-state index contributed by atoms with van der Waals surface area (Å²) in [6.07, 6.45) is 14.9. The Labute approximate surface area is 190 Å². The van der Waals surface area contributed by atoms with Gasteiger partial charge in [-0.15, -0.1) is 0 Å². The predicted octanol–water partition coefficient (Wildman–Crippen LogP) is 8.07. The molecular weight excluding hydrogens is 380 g/mol. The first-order valence-electron chi connectivity index (χ1n) is 12.4. The molecule has 170 valence electrons. The lowest BCUT2D eigenvalue weighted by molar-refractivity contribution is 0.209. The van der Waals surface area contributed by atoms with Gasteiger partial charge < -0.3 is 10.2 Å². The van der Waals surface area contributed by atoms with Crippen molar-refractivity contribution in [2.24, 2.45) is 0 Å². The Hall–Kier alpha value is -2.29. The molecule has 0 bridgehead atoms. The van der Waals surface area contributed by atoms with E-state index in [9.17, 15) is 4.79 Å². The summed E-state index contributed by atoms with van der Waals surface area (Å²) in [5.41, 5.74) is 2.25. The average molecular weight is 423 g/mol. The van der Waals surface area contributed by atoms with E-state index in [0.717, 1.165) is 44.5 Å². The lowest BCUT2D eigenvalue weighted by Gasteiger charge is -2.23. The van der Waals surface area contributed by atoms with Gasteiger partial charge in [0.1, 0.15) is 0 Å². The Bertz CT molecular complexity index is 687. The van der Waals surface area contributed by atoms with Gasteiger partial charge in [-0.25, -0.2) is 4.79 Å². The van der Waals surface area contributed by atoms with Crippen molar-refractivity contribution in [3.05, 3.63) is 66.2 Å². The Kier molecular flexibility index (Phi) is 13.2. The SMILES string of the molecule is CCCCCCCCCCCN(CCCCc1ccccc1)C(=O)Nc1ccccc1. The number of nitrogens with zero attached hydrogens (tertiary/aromatic N) is 1. The molecule has 0 fully saturated rings. The zero-order valence-corrected chi connectivity index (χ0v) is 19.5. The molecule has 1 N–H and O–H groups in total. The van der Waals surface area contributed by atoms with Crippen LogP contribution in [0.5, 0.6) is 0 Å². The van der Waals surface area contributed by atoms with Gasteiger partial charge in [-0.3, -0.25) is 0 Å². The molecule has 2 aromatic carbocycles. The smallest absolute Gasteiger partial charge is 0.321 e. The van der Waals surface area contributed by atoms with Crippen molar-refractivity contribution < 1.29 is 4.79 Å². The van der Waals surface area contributed by atoms with Crippen molar-refractivity contribution in [2.45, 2.75) is 84.0 Å². The molecule has 0 aromatic heterocycles. The largest absolute Gasteiger partial charge is 0.325 e. The van der Waals surface area contributed by atoms with E-state index in [4.69, 9.17) is 0 Å². The fourth-order valence-corrected chi connectivity index (χ4v) is 3.93. The number of aryl methyl sites for hydroxylation is 1. The molecule has 0 unspecified atom stereocenters. The average Bonchev–Trinajstić information content (AvgIpc) is 2.80. The maximum absolute atomic E-state index is 12.9. The first-order chi connectivity index (χ1) is 15.3. The highest BCUT2D eigenvalue weighted by Crippen LogP contribution is 2.12. The summed E-state index contributed by atoms with van der Waals surface area (Å²) in [4.78, 5) is 14.9. The standard InChI is InChI=1S/C28H42N2O/c1-2-3-4-5-6-7-8-9-17-24-30(28(31)29-27-22-14-11-15-23-27)25-18-16-21-26-19-12-10-13-20-26/h10-15,19-20,22-23H,2-9,16-18,21,24-25H2,1H3,(H,29,31). The minimum absolute atomic E-state index is 0.0328. The normalized spacial score (nSPS) is 10.7. The van der Waals surface area contributed by atoms with E-state index >= 15 is 0 Å².